The fourth-order valence-corrected chi connectivity index (χ4v) is 4.29. The van der Waals surface area contributed by atoms with Crippen LogP contribution in [-0.2, 0) is 0 Å². The van der Waals surface area contributed by atoms with Crippen LogP contribution in [0.15, 0.2) is 18.2 Å². The smallest absolute Gasteiger partial charge is 0.270 e. The Kier molecular flexibility index (Phi) is 3.76. The van der Waals surface area contributed by atoms with E-state index in [1.54, 1.807) is 7.11 Å². The number of fused-ring (bicyclic) bond motifs is 1. The molecule has 1 amide bonds. The van der Waals surface area contributed by atoms with Crippen molar-refractivity contribution in [2.45, 2.75) is 26.2 Å². The highest BCUT2D eigenvalue weighted by Crippen LogP contribution is 2.37. The van der Waals surface area contributed by atoms with Gasteiger partial charge in [0.1, 0.15) is 11.4 Å². The number of aromatic amines is 1. The zero-order valence-electron chi connectivity index (χ0n) is 14.4. The number of aromatic nitrogens is 1. The number of nitrogens with zero attached hydrogens (tertiary/aromatic N) is 1. The van der Waals surface area contributed by atoms with E-state index in [0.717, 1.165) is 60.5 Å². The molecule has 5 nitrogen and oxygen atoms in total. The van der Waals surface area contributed by atoms with E-state index >= 15 is 0 Å². The summed E-state index contributed by atoms with van der Waals surface area (Å²) < 4.78 is 5.31. The lowest BCUT2D eigenvalue weighted by molar-refractivity contribution is 0.0758. The van der Waals surface area contributed by atoms with E-state index in [4.69, 9.17) is 4.74 Å². The third-order valence-electron chi connectivity index (χ3n) is 5.77. The molecule has 2 N–H and O–H groups in total. The first-order valence-electron chi connectivity index (χ1n) is 8.78. The average molecular weight is 327 g/mol. The number of H-pyrrole nitrogens is 1. The molecule has 1 spiro atoms. The fraction of sp³-hybridized carbons (Fsp3) is 0.526. The standard InChI is InChI=1S/C19H25N3O2/c1-13-15-10-14(24-2)4-5-16(15)21-17(13)18(23)22-9-7-19(12-22)6-3-8-20-11-19/h4-5,10,20-21H,3,6-9,11-12H2,1-2H3/t19-/m0/s1. The molecule has 128 valence electrons. The summed E-state index contributed by atoms with van der Waals surface area (Å²) in [6.45, 7) is 5.90. The Labute approximate surface area is 142 Å². The number of piperidine rings is 1. The van der Waals surface area contributed by atoms with Crippen LogP contribution in [0.4, 0.5) is 0 Å². The van der Waals surface area contributed by atoms with Gasteiger partial charge in [-0.05, 0) is 56.5 Å². The molecule has 2 aliphatic rings. The van der Waals surface area contributed by atoms with Gasteiger partial charge in [0.05, 0.1) is 7.11 Å². The number of aryl methyl sites for hydroxylation is 1. The van der Waals surface area contributed by atoms with Gasteiger partial charge in [-0.1, -0.05) is 0 Å². The summed E-state index contributed by atoms with van der Waals surface area (Å²) >= 11 is 0. The second-order valence-electron chi connectivity index (χ2n) is 7.29. The summed E-state index contributed by atoms with van der Waals surface area (Å²) in [7, 11) is 1.66. The van der Waals surface area contributed by atoms with E-state index < -0.39 is 0 Å². The second kappa shape index (κ2) is 5.81. The van der Waals surface area contributed by atoms with Gasteiger partial charge in [0.25, 0.3) is 5.91 Å². The predicted molar refractivity (Wildman–Crippen MR) is 94.6 cm³/mol. The molecule has 1 aromatic heterocycles. The van der Waals surface area contributed by atoms with Crippen molar-refractivity contribution in [3.63, 3.8) is 0 Å². The largest absolute Gasteiger partial charge is 0.497 e. The van der Waals surface area contributed by atoms with Gasteiger partial charge in [-0.3, -0.25) is 4.79 Å². The molecule has 0 saturated carbocycles. The Morgan fingerprint density at radius 2 is 2.21 bits per heavy atom. The van der Waals surface area contributed by atoms with Crippen LogP contribution < -0.4 is 10.1 Å². The van der Waals surface area contributed by atoms with E-state index in [-0.39, 0.29) is 11.3 Å². The molecule has 3 heterocycles. The topological polar surface area (TPSA) is 57.4 Å². The normalized spacial score (nSPS) is 24.0. The van der Waals surface area contributed by atoms with Crippen molar-refractivity contribution in [1.82, 2.24) is 15.2 Å². The molecule has 5 heteroatoms. The summed E-state index contributed by atoms with van der Waals surface area (Å²) in [5.41, 5.74) is 3.01. The van der Waals surface area contributed by atoms with E-state index in [0.29, 0.717) is 0 Å². The van der Waals surface area contributed by atoms with Crippen LogP contribution in [-0.4, -0.2) is 49.1 Å². The third-order valence-corrected chi connectivity index (χ3v) is 5.77. The summed E-state index contributed by atoms with van der Waals surface area (Å²) in [6, 6.07) is 5.90. The highest BCUT2D eigenvalue weighted by molar-refractivity contribution is 6.01. The van der Waals surface area contributed by atoms with Crippen molar-refractivity contribution >= 4 is 16.8 Å². The molecule has 0 radical (unpaired) electrons. The zero-order valence-corrected chi connectivity index (χ0v) is 14.4. The molecular weight excluding hydrogens is 302 g/mol. The van der Waals surface area contributed by atoms with E-state index in [1.165, 1.54) is 12.8 Å². The lowest BCUT2D eigenvalue weighted by atomic mass is 9.80. The minimum Gasteiger partial charge on any atom is -0.497 e. The van der Waals surface area contributed by atoms with Crippen LogP contribution >= 0.6 is 0 Å². The Morgan fingerprint density at radius 1 is 1.33 bits per heavy atom. The van der Waals surface area contributed by atoms with Crippen LogP contribution in [0.3, 0.4) is 0 Å². The molecule has 2 aliphatic heterocycles. The summed E-state index contributed by atoms with van der Waals surface area (Å²) in [5, 5.41) is 4.56. The first kappa shape index (κ1) is 15.5. The van der Waals surface area contributed by atoms with Crippen molar-refractivity contribution in [2.24, 2.45) is 5.41 Å². The second-order valence-corrected chi connectivity index (χ2v) is 7.29. The number of carbonyl (C=O) groups excluding carboxylic acids is 1. The van der Waals surface area contributed by atoms with E-state index in [9.17, 15) is 4.79 Å². The number of rotatable bonds is 2. The summed E-state index contributed by atoms with van der Waals surface area (Å²) in [6.07, 6.45) is 3.55. The lowest BCUT2D eigenvalue weighted by Crippen LogP contribution is -2.42. The first-order valence-corrected chi connectivity index (χ1v) is 8.78. The first-order chi connectivity index (χ1) is 11.6. The Morgan fingerprint density at radius 3 is 2.96 bits per heavy atom. The van der Waals surface area contributed by atoms with Gasteiger partial charge in [-0.25, -0.2) is 0 Å². The number of carbonyl (C=O) groups is 1. The number of benzene rings is 1. The van der Waals surface area contributed by atoms with Gasteiger partial charge < -0.3 is 19.9 Å². The molecular formula is C19H25N3O2. The van der Waals surface area contributed by atoms with E-state index in [1.807, 2.05) is 30.0 Å². The Bertz CT molecular complexity index is 774. The molecule has 0 aliphatic carbocycles. The summed E-state index contributed by atoms with van der Waals surface area (Å²) in [5.74, 6) is 0.946. The molecule has 1 aromatic carbocycles. The number of likely N-dealkylation sites (tertiary alicyclic amines) is 1. The lowest BCUT2D eigenvalue weighted by Gasteiger charge is -2.33. The number of ether oxygens (including phenoxy) is 1. The number of nitrogens with one attached hydrogen (secondary N) is 2. The maximum absolute atomic E-state index is 13.1. The van der Waals surface area contributed by atoms with E-state index in [2.05, 4.69) is 10.3 Å². The number of hydrogen-bond donors (Lipinski definition) is 2. The van der Waals surface area contributed by atoms with Crippen molar-refractivity contribution in [3.05, 3.63) is 29.5 Å². The molecule has 4 rings (SSSR count). The maximum Gasteiger partial charge on any atom is 0.270 e. The van der Waals surface area contributed by atoms with Crippen molar-refractivity contribution in [3.8, 4) is 5.75 Å². The van der Waals surface area contributed by atoms with Gasteiger partial charge in [0.2, 0.25) is 0 Å². The SMILES string of the molecule is COc1ccc2[nH]c(C(=O)N3CC[C@]4(CCCNC4)C3)c(C)c2c1. The molecule has 1 atom stereocenters. The van der Waals surface area contributed by atoms with Crippen LogP contribution in [0, 0.1) is 12.3 Å². The zero-order chi connectivity index (χ0) is 16.7. The monoisotopic (exact) mass is 327 g/mol. The molecule has 24 heavy (non-hydrogen) atoms. The van der Waals surface area contributed by atoms with Gasteiger partial charge in [0.15, 0.2) is 0 Å². The minimum absolute atomic E-state index is 0.130. The van der Waals surface area contributed by atoms with Crippen LogP contribution in [0.5, 0.6) is 5.75 Å². The molecule has 0 unspecified atom stereocenters. The molecule has 2 saturated heterocycles. The maximum atomic E-state index is 13.1. The quantitative estimate of drug-likeness (QED) is 0.892. The average Bonchev–Trinajstić information content (AvgIpc) is 3.17. The van der Waals surface area contributed by atoms with Gasteiger partial charge >= 0.3 is 0 Å². The van der Waals surface area contributed by atoms with Gasteiger partial charge in [-0.2, -0.15) is 0 Å². The highest BCUT2D eigenvalue weighted by atomic mass is 16.5. The molecule has 0 bridgehead atoms. The Balaban J connectivity index is 1.60. The van der Waals surface area contributed by atoms with Crippen LogP contribution in [0.25, 0.3) is 10.9 Å². The van der Waals surface area contributed by atoms with Gasteiger partial charge in [-0.15, -0.1) is 0 Å². The molecule has 2 aromatic rings. The summed E-state index contributed by atoms with van der Waals surface area (Å²) in [4.78, 5) is 18.4. The minimum atomic E-state index is 0.130. The van der Waals surface area contributed by atoms with Gasteiger partial charge in [0, 0.05) is 36.0 Å². The van der Waals surface area contributed by atoms with Crippen molar-refractivity contribution in [1.29, 1.82) is 0 Å². The van der Waals surface area contributed by atoms with Crippen molar-refractivity contribution < 1.29 is 9.53 Å². The number of amides is 1. The predicted octanol–water partition coefficient (Wildman–Crippen LogP) is 2.70. The van der Waals surface area contributed by atoms with Crippen LogP contribution in [0.2, 0.25) is 0 Å². The Hall–Kier alpha value is -2.01. The van der Waals surface area contributed by atoms with Crippen molar-refractivity contribution in [2.75, 3.05) is 33.3 Å². The van der Waals surface area contributed by atoms with Crippen LogP contribution in [0.1, 0.15) is 35.3 Å². The highest BCUT2D eigenvalue weighted by Gasteiger charge is 2.41. The third kappa shape index (κ3) is 2.47. The number of methoxy groups -OCH3 is 1. The number of hydrogen-bond acceptors (Lipinski definition) is 3. The molecule has 2 fully saturated rings. The fourth-order valence-electron chi connectivity index (χ4n) is 4.29.